The minimum absolute atomic E-state index is 0.00775. The van der Waals surface area contributed by atoms with Crippen molar-refractivity contribution in [2.75, 3.05) is 11.9 Å². The number of hydrogen-bond acceptors (Lipinski definition) is 5. The molecule has 0 bridgehead atoms. The second kappa shape index (κ2) is 7.25. The largest absolute Gasteiger partial charge is 0.326 e. The maximum Gasteiger partial charge on any atom is 0.289 e. The van der Waals surface area contributed by atoms with Crippen molar-refractivity contribution in [3.05, 3.63) is 45.5 Å². The number of imide groups is 1. The molecule has 1 aromatic rings. The molecule has 1 aliphatic carbocycles. The highest BCUT2D eigenvalue weighted by Gasteiger charge is 2.46. The molecule has 0 spiro atoms. The molecule has 2 aliphatic rings. The monoisotopic (exact) mass is 377 g/mol. The van der Waals surface area contributed by atoms with E-state index in [1.165, 1.54) is 12.1 Å². The summed E-state index contributed by atoms with van der Waals surface area (Å²) in [6, 6.07) is 3.92. The van der Waals surface area contributed by atoms with Crippen LogP contribution in [0.1, 0.15) is 19.3 Å². The van der Waals surface area contributed by atoms with Gasteiger partial charge in [-0.1, -0.05) is 23.8 Å². The Bertz CT molecular complexity index is 797. The Morgan fingerprint density at radius 1 is 1.23 bits per heavy atom. The van der Waals surface area contributed by atoms with Crippen molar-refractivity contribution in [1.82, 2.24) is 4.90 Å². The smallest absolute Gasteiger partial charge is 0.289 e. The van der Waals surface area contributed by atoms with Gasteiger partial charge in [0.05, 0.1) is 16.8 Å². The molecule has 3 rings (SSSR count). The molecule has 1 aliphatic heterocycles. The van der Waals surface area contributed by atoms with E-state index < -0.39 is 10.8 Å². The van der Waals surface area contributed by atoms with Crippen molar-refractivity contribution in [3.63, 3.8) is 0 Å². The summed E-state index contributed by atoms with van der Waals surface area (Å²) in [5.41, 5.74) is -0.0889. The number of benzene rings is 1. The van der Waals surface area contributed by atoms with Gasteiger partial charge in [-0.2, -0.15) is 0 Å². The Balaban J connectivity index is 1.60. The lowest BCUT2D eigenvalue weighted by Crippen LogP contribution is -2.34. The Kier molecular flexibility index (Phi) is 5.03. The quantitative estimate of drug-likeness (QED) is 0.367. The molecule has 0 unspecified atom stereocenters. The number of fused-ring (bicyclic) bond motifs is 1. The molecule has 1 fully saturated rings. The minimum atomic E-state index is -0.644. The number of likely N-dealkylation sites (tertiary alicyclic amines) is 1. The zero-order valence-corrected chi connectivity index (χ0v) is 14.4. The van der Waals surface area contributed by atoms with Crippen LogP contribution in [0.25, 0.3) is 0 Å². The van der Waals surface area contributed by atoms with Gasteiger partial charge >= 0.3 is 0 Å². The van der Waals surface area contributed by atoms with Crippen molar-refractivity contribution >= 4 is 40.7 Å². The summed E-state index contributed by atoms with van der Waals surface area (Å²) in [6.07, 6.45) is 4.81. The van der Waals surface area contributed by atoms with Crippen molar-refractivity contribution in [3.8, 4) is 0 Å². The molecule has 2 atom stereocenters. The summed E-state index contributed by atoms with van der Waals surface area (Å²) in [5, 5.41) is 13.4. The number of nitrogens with one attached hydrogen (secondary N) is 1. The zero-order chi connectivity index (χ0) is 18.8. The minimum Gasteiger partial charge on any atom is -0.326 e. The first-order valence-electron chi connectivity index (χ1n) is 8.12. The van der Waals surface area contributed by atoms with Gasteiger partial charge in [-0.15, -0.1) is 0 Å². The molecule has 136 valence electrons. The predicted octanol–water partition coefficient (Wildman–Crippen LogP) is 2.53. The van der Waals surface area contributed by atoms with Crippen LogP contribution in [-0.2, 0) is 14.4 Å². The number of hydrogen-bond donors (Lipinski definition) is 1. The van der Waals surface area contributed by atoms with E-state index in [4.69, 9.17) is 11.6 Å². The lowest BCUT2D eigenvalue weighted by molar-refractivity contribution is -0.384. The highest BCUT2D eigenvalue weighted by molar-refractivity contribution is 6.32. The van der Waals surface area contributed by atoms with E-state index in [1.54, 1.807) is 0 Å². The molecule has 8 nitrogen and oxygen atoms in total. The fourth-order valence-corrected chi connectivity index (χ4v) is 3.44. The third kappa shape index (κ3) is 3.45. The average Bonchev–Trinajstić information content (AvgIpc) is 2.86. The predicted molar refractivity (Wildman–Crippen MR) is 93.4 cm³/mol. The molecular formula is C17H16ClN3O5. The molecule has 1 aromatic carbocycles. The molecular weight excluding hydrogens is 362 g/mol. The number of carbonyl (C=O) groups excluding carboxylic acids is 3. The second-order valence-corrected chi connectivity index (χ2v) is 6.61. The topological polar surface area (TPSA) is 110 Å². The summed E-state index contributed by atoms with van der Waals surface area (Å²) in [5.74, 6) is -1.57. The van der Waals surface area contributed by atoms with E-state index in [1.807, 2.05) is 12.2 Å². The van der Waals surface area contributed by atoms with Gasteiger partial charge in [0.1, 0.15) is 5.02 Å². The second-order valence-electron chi connectivity index (χ2n) is 6.21. The molecule has 9 heteroatoms. The molecule has 0 radical (unpaired) electrons. The van der Waals surface area contributed by atoms with Crippen LogP contribution in [0, 0.1) is 22.0 Å². The van der Waals surface area contributed by atoms with Gasteiger partial charge in [0.2, 0.25) is 17.7 Å². The summed E-state index contributed by atoms with van der Waals surface area (Å²) in [4.78, 5) is 48.1. The van der Waals surface area contributed by atoms with Crippen LogP contribution in [0.4, 0.5) is 11.4 Å². The van der Waals surface area contributed by atoms with E-state index >= 15 is 0 Å². The first-order chi connectivity index (χ1) is 12.4. The number of nitro benzene ring substituents is 1. The van der Waals surface area contributed by atoms with Crippen molar-refractivity contribution in [2.24, 2.45) is 11.8 Å². The highest BCUT2D eigenvalue weighted by atomic mass is 35.5. The number of amides is 3. The number of nitro groups is 1. The van der Waals surface area contributed by atoms with Gasteiger partial charge < -0.3 is 5.32 Å². The van der Waals surface area contributed by atoms with E-state index in [9.17, 15) is 24.5 Å². The molecule has 1 heterocycles. The Morgan fingerprint density at radius 2 is 1.85 bits per heavy atom. The van der Waals surface area contributed by atoms with Gasteiger partial charge in [0, 0.05) is 24.7 Å². The van der Waals surface area contributed by atoms with Crippen LogP contribution < -0.4 is 5.32 Å². The van der Waals surface area contributed by atoms with Crippen molar-refractivity contribution in [1.29, 1.82) is 0 Å². The molecule has 3 amide bonds. The van der Waals surface area contributed by atoms with Crippen LogP contribution in [0.2, 0.25) is 5.02 Å². The van der Waals surface area contributed by atoms with Crippen molar-refractivity contribution < 1.29 is 19.3 Å². The summed E-state index contributed by atoms with van der Waals surface area (Å²) in [7, 11) is 0. The average molecular weight is 378 g/mol. The number of carbonyl (C=O) groups is 3. The highest BCUT2D eigenvalue weighted by Crippen LogP contribution is 2.35. The summed E-state index contributed by atoms with van der Waals surface area (Å²) >= 11 is 5.73. The van der Waals surface area contributed by atoms with Gasteiger partial charge in [0.15, 0.2) is 0 Å². The van der Waals surface area contributed by atoms with Crippen LogP contribution in [-0.4, -0.2) is 34.1 Å². The van der Waals surface area contributed by atoms with E-state index in [0.717, 1.165) is 11.0 Å². The van der Waals surface area contributed by atoms with Crippen molar-refractivity contribution in [2.45, 2.75) is 19.3 Å². The van der Waals surface area contributed by atoms with Crippen LogP contribution in [0.3, 0.4) is 0 Å². The number of halogens is 1. The summed E-state index contributed by atoms with van der Waals surface area (Å²) in [6.45, 7) is -0.00775. The molecule has 26 heavy (non-hydrogen) atoms. The molecule has 1 saturated heterocycles. The van der Waals surface area contributed by atoms with Crippen LogP contribution in [0.15, 0.2) is 30.4 Å². The standard InChI is InChI=1S/C17H16ClN3O5/c18-13-6-5-10(9-14(13)21(25)26)19-15(22)7-8-20-16(23)11-3-1-2-4-12(11)17(20)24/h1-2,5-6,9,11-12H,3-4,7-8H2,(H,19,22)/t11-,12+. The first kappa shape index (κ1) is 18.1. The number of rotatable bonds is 5. The maximum absolute atomic E-state index is 12.3. The number of nitrogens with zero attached hydrogens (tertiary/aromatic N) is 2. The Morgan fingerprint density at radius 3 is 2.42 bits per heavy atom. The fraction of sp³-hybridized carbons (Fsp3) is 0.353. The maximum atomic E-state index is 12.3. The Labute approximate surface area is 153 Å². The Hall–Kier alpha value is -2.74. The molecule has 0 saturated carbocycles. The third-order valence-electron chi connectivity index (χ3n) is 4.59. The third-order valence-corrected chi connectivity index (χ3v) is 4.91. The normalized spacial score (nSPS) is 21.7. The van der Waals surface area contributed by atoms with Gasteiger partial charge in [-0.05, 0) is 25.0 Å². The molecule has 1 N–H and O–H groups in total. The molecule has 0 aromatic heterocycles. The van der Waals surface area contributed by atoms with Crippen LogP contribution in [0.5, 0.6) is 0 Å². The first-order valence-corrected chi connectivity index (χ1v) is 8.50. The number of anilines is 1. The fourth-order valence-electron chi connectivity index (χ4n) is 3.26. The summed E-state index contributed by atoms with van der Waals surface area (Å²) < 4.78 is 0. The van der Waals surface area contributed by atoms with E-state index in [2.05, 4.69) is 5.32 Å². The lowest BCUT2D eigenvalue weighted by atomic mass is 9.85. The lowest BCUT2D eigenvalue weighted by Gasteiger charge is -2.14. The van der Waals surface area contributed by atoms with Gasteiger partial charge in [0.25, 0.3) is 5.69 Å². The SMILES string of the molecule is O=C(CCN1C(=O)[C@H]2CC=CC[C@H]2C1=O)Nc1ccc(Cl)c([N+](=O)[O-])c1. The van der Waals surface area contributed by atoms with Crippen LogP contribution >= 0.6 is 11.6 Å². The zero-order valence-electron chi connectivity index (χ0n) is 13.7. The van der Waals surface area contributed by atoms with Gasteiger partial charge in [-0.25, -0.2) is 0 Å². The van der Waals surface area contributed by atoms with E-state index in [-0.39, 0.29) is 53.0 Å². The number of allylic oxidation sites excluding steroid dienone is 2. The van der Waals surface area contributed by atoms with Gasteiger partial charge in [-0.3, -0.25) is 29.4 Å². The van der Waals surface area contributed by atoms with E-state index in [0.29, 0.717) is 12.8 Å².